The summed E-state index contributed by atoms with van der Waals surface area (Å²) in [6.45, 7) is 5.35. The fraction of sp³-hybridized carbons (Fsp3) is 0.375. The van der Waals surface area contributed by atoms with Crippen molar-refractivity contribution in [3.8, 4) is 11.8 Å². The predicted octanol–water partition coefficient (Wildman–Crippen LogP) is 2.65. The van der Waals surface area contributed by atoms with Crippen LogP contribution in [0.4, 0.5) is 0 Å². The van der Waals surface area contributed by atoms with Gasteiger partial charge in [-0.2, -0.15) is 10.4 Å². The zero-order valence-electron chi connectivity index (χ0n) is 11.7. The smallest absolute Gasteiger partial charge is 0.0992 e. The number of nitrogens with zero attached hydrogens (tertiary/aromatic N) is 4. The second kappa shape index (κ2) is 5.48. The number of likely N-dealkylation sites (tertiary alicyclic amines) is 1. The summed E-state index contributed by atoms with van der Waals surface area (Å²) < 4.78 is 1.86. The van der Waals surface area contributed by atoms with E-state index in [1.807, 2.05) is 36.0 Å². The van der Waals surface area contributed by atoms with Crippen LogP contribution in [-0.2, 0) is 6.54 Å². The summed E-state index contributed by atoms with van der Waals surface area (Å²) >= 11 is 0. The number of nitriles is 1. The lowest BCUT2D eigenvalue weighted by molar-refractivity contribution is 0.331. The molecule has 20 heavy (non-hydrogen) atoms. The number of aromatic nitrogens is 2. The Kier molecular flexibility index (Phi) is 3.53. The Morgan fingerprint density at radius 3 is 2.80 bits per heavy atom. The molecule has 1 fully saturated rings. The highest BCUT2D eigenvalue weighted by molar-refractivity contribution is 5.44. The van der Waals surface area contributed by atoms with Crippen LogP contribution in [0.2, 0.25) is 0 Å². The summed E-state index contributed by atoms with van der Waals surface area (Å²) in [7, 11) is 0. The summed E-state index contributed by atoms with van der Waals surface area (Å²) in [6.07, 6.45) is 6.59. The molecule has 1 aliphatic heterocycles. The van der Waals surface area contributed by atoms with E-state index in [-0.39, 0.29) is 0 Å². The van der Waals surface area contributed by atoms with Gasteiger partial charge in [-0.25, -0.2) is 4.68 Å². The fourth-order valence-corrected chi connectivity index (χ4v) is 2.74. The molecule has 0 saturated carbocycles. The lowest BCUT2D eigenvalue weighted by atomic mass is 10.1. The molecule has 0 aliphatic carbocycles. The highest BCUT2D eigenvalue weighted by Gasteiger charge is 2.13. The highest BCUT2D eigenvalue weighted by atomic mass is 15.3. The molecule has 0 amide bonds. The van der Waals surface area contributed by atoms with Crippen LogP contribution in [0.15, 0.2) is 30.6 Å². The van der Waals surface area contributed by atoms with Gasteiger partial charge < -0.3 is 0 Å². The fourth-order valence-electron chi connectivity index (χ4n) is 2.74. The van der Waals surface area contributed by atoms with E-state index >= 15 is 0 Å². The number of aryl methyl sites for hydroxylation is 1. The van der Waals surface area contributed by atoms with Crippen LogP contribution >= 0.6 is 0 Å². The van der Waals surface area contributed by atoms with E-state index in [2.05, 4.69) is 22.3 Å². The van der Waals surface area contributed by atoms with Crippen molar-refractivity contribution in [1.29, 1.82) is 5.26 Å². The summed E-state index contributed by atoms with van der Waals surface area (Å²) in [5.74, 6) is 0. The van der Waals surface area contributed by atoms with Crippen LogP contribution in [0.3, 0.4) is 0 Å². The third-order valence-corrected chi connectivity index (χ3v) is 3.70. The molecule has 4 heteroatoms. The summed E-state index contributed by atoms with van der Waals surface area (Å²) in [6, 6.07) is 8.00. The minimum absolute atomic E-state index is 0.677. The lowest BCUT2D eigenvalue weighted by Crippen LogP contribution is -2.17. The maximum Gasteiger partial charge on any atom is 0.0992 e. The number of benzene rings is 1. The first-order valence-electron chi connectivity index (χ1n) is 7.03. The Balaban J connectivity index is 1.82. The Morgan fingerprint density at radius 1 is 1.25 bits per heavy atom. The third-order valence-electron chi connectivity index (χ3n) is 3.70. The molecule has 3 rings (SSSR count). The van der Waals surface area contributed by atoms with Crippen LogP contribution in [-0.4, -0.2) is 27.8 Å². The Bertz CT molecular complexity index is 645. The molecule has 0 unspecified atom stereocenters. The van der Waals surface area contributed by atoms with E-state index in [1.54, 1.807) is 0 Å². The molecule has 0 atom stereocenters. The molecule has 0 spiro atoms. The van der Waals surface area contributed by atoms with Crippen molar-refractivity contribution in [3.63, 3.8) is 0 Å². The summed E-state index contributed by atoms with van der Waals surface area (Å²) in [4.78, 5) is 2.46. The van der Waals surface area contributed by atoms with Crippen LogP contribution in [0, 0.1) is 18.3 Å². The van der Waals surface area contributed by atoms with Crippen molar-refractivity contribution >= 4 is 0 Å². The van der Waals surface area contributed by atoms with Crippen LogP contribution < -0.4 is 0 Å². The molecule has 1 aliphatic rings. The minimum Gasteiger partial charge on any atom is -0.299 e. The number of hydrogen-bond acceptors (Lipinski definition) is 3. The predicted molar refractivity (Wildman–Crippen MR) is 77.5 cm³/mol. The first kappa shape index (κ1) is 12.9. The lowest BCUT2D eigenvalue weighted by Gasteiger charge is -2.12. The van der Waals surface area contributed by atoms with Crippen LogP contribution in [0.5, 0.6) is 0 Å². The zero-order valence-corrected chi connectivity index (χ0v) is 11.7. The molecule has 1 aromatic carbocycles. The standard InChI is InChI=1S/C16H18N4/c1-13-6-14(9-17)8-16(7-13)20-12-15(10-18-20)11-19-4-2-3-5-19/h6-8,10,12H,2-5,11H2,1H3. The third kappa shape index (κ3) is 2.73. The molecule has 2 heterocycles. The van der Waals surface area contributed by atoms with Crippen molar-refractivity contribution in [1.82, 2.24) is 14.7 Å². The van der Waals surface area contributed by atoms with E-state index < -0.39 is 0 Å². The summed E-state index contributed by atoms with van der Waals surface area (Å²) in [5, 5.41) is 13.5. The molecule has 0 bridgehead atoms. The van der Waals surface area contributed by atoms with Gasteiger partial charge in [0.1, 0.15) is 0 Å². The molecule has 1 aromatic heterocycles. The van der Waals surface area contributed by atoms with Gasteiger partial charge >= 0.3 is 0 Å². The van der Waals surface area contributed by atoms with Crippen molar-refractivity contribution in [2.24, 2.45) is 0 Å². The molecule has 102 valence electrons. The van der Waals surface area contributed by atoms with Gasteiger partial charge in [-0.15, -0.1) is 0 Å². The molecule has 0 radical (unpaired) electrons. The van der Waals surface area contributed by atoms with Crippen molar-refractivity contribution in [2.45, 2.75) is 26.3 Å². The Hall–Kier alpha value is -2.12. The first-order valence-corrected chi connectivity index (χ1v) is 7.03. The zero-order chi connectivity index (χ0) is 13.9. The van der Waals surface area contributed by atoms with E-state index in [9.17, 15) is 0 Å². The van der Waals surface area contributed by atoms with Gasteiger partial charge in [-0.3, -0.25) is 4.90 Å². The molecule has 1 saturated heterocycles. The summed E-state index contributed by atoms with van der Waals surface area (Å²) in [5.41, 5.74) is 3.94. The van der Waals surface area contributed by atoms with E-state index in [4.69, 9.17) is 5.26 Å². The van der Waals surface area contributed by atoms with Gasteiger partial charge in [0.25, 0.3) is 0 Å². The van der Waals surface area contributed by atoms with Gasteiger partial charge in [-0.1, -0.05) is 0 Å². The topological polar surface area (TPSA) is 44.9 Å². The van der Waals surface area contributed by atoms with Gasteiger partial charge in [-0.05, 0) is 56.6 Å². The second-order valence-corrected chi connectivity index (χ2v) is 5.45. The highest BCUT2D eigenvalue weighted by Crippen LogP contribution is 2.16. The molecule has 2 aromatic rings. The number of rotatable bonds is 3. The van der Waals surface area contributed by atoms with E-state index in [1.165, 1.54) is 31.5 Å². The van der Waals surface area contributed by atoms with Crippen LogP contribution in [0.1, 0.15) is 29.5 Å². The molecular formula is C16H18N4. The second-order valence-electron chi connectivity index (χ2n) is 5.45. The Labute approximate surface area is 119 Å². The maximum atomic E-state index is 9.04. The van der Waals surface area contributed by atoms with Gasteiger partial charge in [0.2, 0.25) is 0 Å². The first-order chi connectivity index (χ1) is 9.74. The normalized spacial score (nSPS) is 15.4. The monoisotopic (exact) mass is 266 g/mol. The average Bonchev–Trinajstić information content (AvgIpc) is 3.10. The number of hydrogen-bond donors (Lipinski definition) is 0. The quantitative estimate of drug-likeness (QED) is 0.858. The van der Waals surface area contributed by atoms with Crippen LogP contribution in [0.25, 0.3) is 5.69 Å². The SMILES string of the molecule is Cc1cc(C#N)cc(-n2cc(CN3CCCC3)cn2)c1. The van der Waals surface area contributed by atoms with E-state index in [0.29, 0.717) is 5.56 Å². The minimum atomic E-state index is 0.677. The van der Waals surface area contributed by atoms with Gasteiger partial charge in [0, 0.05) is 18.3 Å². The van der Waals surface area contributed by atoms with Gasteiger partial charge in [0.15, 0.2) is 0 Å². The Morgan fingerprint density at radius 2 is 2.05 bits per heavy atom. The van der Waals surface area contributed by atoms with Crippen molar-refractivity contribution < 1.29 is 0 Å². The molecular weight excluding hydrogens is 248 g/mol. The van der Waals surface area contributed by atoms with Crippen molar-refractivity contribution in [3.05, 3.63) is 47.3 Å². The largest absolute Gasteiger partial charge is 0.299 e. The molecule has 0 N–H and O–H groups in total. The van der Waals surface area contributed by atoms with Crippen molar-refractivity contribution in [2.75, 3.05) is 13.1 Å². The van der Waals surface area contributed by atoms with Gasteiger partial charge in [0.05, 0.1) is 23.5 Å². The molecule has 4 nitrogen and oxygen atoms in total. The average molecular weight is 266 g/mol. The maximum absolute atomic E-state index is 9.04. The van der Waals surface area contributed by atoms with E-state index in [0.717, 1.165) is 17.8 Å².